The highest BCUT2D eigenvalue weighted by molar-refractivity contribution is 14.0. The van der Waals surface area contributed by atoms with Crippen molar-refractivity contribution in [1.82, 2.24) is 35.6 Å². The highest BCUT2D eigenvalue weighted by atomic mass is 127. The Labute approximate surface area is 182 Å². The lowest BCUT2D eigenvalue weighted by atomic mass is 10.1. The van der Waals surface area contributed by atoms with Crippen LogP contribution in [0, 0.1) is 13.8 Å². The van der Waals surface area contributed by atoms with Gasteiger partial charge in [-0.05, 0) is 38.0 Å². The molecule has 0 amide bonds. The maximum atomic E-state index is 4.48. The second-order valence-corrected chi connectivity index (χ2v) is 6.39. The first kappa shape index (κ1) is 21.9. The van der Waals surface area contributed by atoms with Gasteiger partial charge in [-0.25, -0.2) is 4.98 Å². The van der Waals surface area contributed by atoms with Crippen LogP contribution in [-0.2, 0) is 13.1 Å². The Morgan fingerprint density at radius 1 is 1.21 bits per heavy atom. The molecule has 0 spiro atoms. The number of aromatic nitrogens is 5. The Hall–Kier alpha value is -2.43. The number of halogens is 1. The summed E-state index contributed by atoms with van der Waals surface area (Å²) in [6.07, 6.45) is 2.49. The molecule has 0 atom stereocenters. The number of H-pyrrole nitrogens is 1. The van der Waals surface area contributed by atoms with Gasteiger partial charge in [0.05, 0.1) is 5.69 Å². The van der Waals surface area contributed by atoms with Gasteiger partial charge >= 0.3 is 0 Å². The van der Waals surface area contributed by atoms with Crippen molar-refractivity contribution >= 4 is 29.9 Å². The number of nitrogens with one attached hydrogen (secondary N) is 3. The summed E-state index contributed by atoms with van der Waals surface area (Å²) in [6, 6.07) is 10.3. The Morgan fingerprint density at radius 3 is 2.75 bits per heavy atom. The average molecular weight is 494 g/mol. The molecule has 0 radical (unpaired) electrons. The largest absolute Gasteiger partial charge is 0.356 e. The Kier molecular flexibility index (Phi) is 8.42. The summed E-state index contributed by atoms with van der Waals surface area (Å²) >= 11 is 0. The van der Waals surface area contributed by atoms with Crippen molar-refractivity contribution in [1.29, 1.82) is 0 Å². The third-order valence-electron chi connectivity index (χ3n) is 4.24. The molecule has 0 aliphatic rings. The fourth-order valence-corrected chi connectivity index (χ4v) is 2.92. The molecular formula is C19H27IN8. The van der Waals surface area contributed by atoms with Crippen molar-refractivity contribution in [3.63, 3.8) is 0 Å². The number of hydrogen-bond donors (Lipinski definition) is 3. The number of aliphatic imine (C=N–C) groups is 1. The Morgan fingerprint density at radius 2 is 2.07 bits per heavy atom. The van der Waals surface area contributed by atoms with Gasteiger partial charge in [-0.3, -0.25) is 14.8 Å². The van der Waals surface area contributed by atoms with Gasteiger partial charge in [0.25, 0.3) is 0 Å². The van der Waals surface area contributed by atoms with Crippen LogP contribution in [0.25, 0.3) is 11.4 Å². The number of rotatable bonds is 7. The van der Waals surface area contributed by atoms with E-state index in [1.54, 1.807) is 7.05 Å². The van der Waals surface area contributed by atoms with E-state index in [1.165, 1.54) is 12.0 Å². The molecule has 9 heteroatoms. The zero-order valence-corrected chi connectivity index (χ0v) is 18.8. The van der Waals surface area contributed by atoms with Gasteiger partial charge in [0.15, 0.2) is 11.8 Å². The minimum absolute atomic E-state index is 0. The van der Waals surface area contributed by atoms with Crippen molar-refractivity contribution in [2.45, 2.75) is 33.4 Å². The quantitative estimate of drug-likeness (QED) is 0.203. The van der Waals surface area contributed by atoms with E-state index in [0.717, 1.165) is 48.1 Å². The molecule has 2 heterocycles. The molecule has 3 aromatic rings. The van der Waals surface area contributed by atoms with Crippen molar-refractivity contribution in [3.05, 3.63) is 53.6 Å². The predicted molar refractivity (Wildman–Crippen MR) is 122 cm³/mol. The SMILES string of the molecule is CN=C(NCCCn1nc(C)cc1C)NCc1cccc(-c2ncn[nH]2)c1.I. The second-order valence-electron chi connectivity index (χ2n) is 6.39. The molecule has 3 N–H and O–H groups in total. The molecule has 0 fully saturated rings. The smallest absolute Gasteiger partial charge is 0.191 e. The number of aromatic amines is 1. The topological polar surface area (TPSA) is 95.8 Å². The zero-order valence-electron chi connectivity index (χ0n) is 16.4. The van der Waals surface area contributed by atoms with Gasteiger partial charge in [0.1, 0.15) is 6.33 Å². The van der Waals surface area contributed by atoms with Crippen LogP contribution in [0.3, 0.4) is 0 Å². The van der Waals surface area contributed by atoms with Crippen molar-refractivity contribution in [2.24, 2.45) is 4.99 Å². The Balaban J connectivity index is 0.00000280. The maximum Gasteiger partial charge on any atom is 0.191 e. The molecule has 2 aromatic heterocycles. The first-order valence-corrected chi connectivity index (χ1v) is 9.06. The molecule has 1 aromatic carbocycles. The van der Waals surface area contributed by atoms with Gasteiger partial charge in [-0.15, -0.1) is 24.0 Å². The molecule has 0 saturated heterocycles. The number of nitrogens with zero attached hydrogens (tertiary/aromatic N) is 5. The monoisotopic (exact) mass is 494 g/mol. The van der Waals surface area contributed by atoms with Crippen LogP contribution in [0.15, 0.2) is 41.7 Å². The first-order chi connectivity index (χ1) is 13.2. The summed E-state index contributed by atoms with van der Waals surface area (Å²) in [7, 11) is 1.78. The third kappa shape index (κ3) is 6.04. The highest BCUT2D eigenvalue weighted by Gasteiger charge is 2.04. The van der Waals surface area contributed by atoms with E-state index in [2.05, 4.69) is 61.0 Å². The standard InChI is InChI=1S/C19H26N8.HI/c1-14-10-15(2)27(26-14)9-5-8-21-19(20-3)22-12-16-6-4-7-17(11-16)18-23-13-24-25-18;/h4,6-7,10-11,13H,5,8-9,12H2,1-3H3,(H2,20,21,22)(H,23,24,25);1H. The number of benzene rings is 1. The molecule has 8 nitrogen and oxygen atoms in total. The molecule has 3 rings (SSSR count). The molecule has 0 bridgehead atoms. The zero-order chi connectivity index (χ0) is 19.1. The highest BCUT2D eigenvalue weighted by Crippen LogP contribution is 2.15. The van der Waals surface area contributed by atoms with E-state index >= 15 is 0 Å². The molecule has 150 valence electrons. The van der Waals surface area contributed by atoms with Gasteiger partial charge < -0.3 is 10.6 Å². The van der Waals surface area contributed by atoms with E-state index in [0.29, 0.717) is 6.54 Å². The van der Waals surface area contributed by atoms with Gasteiger partial charge in [-0.1, -0.05) is 18.2 Å². The lowest BCUT2D eigenvalue weighted by molar-refractivity contribution is 0.555. The van der Waals surface area contributed by atoms with E-state index in [4.69, 9.17) is 0 Å². The Bertz CT molecular complexity index is 885. The maximum absolute atomic E-state index is 4.48. The van der Waals surface area contributed by atoms with Crippen LogP contribution in [0.1, 0.15) is 23.4 Å². The molecule has 28 heavy (non-hydrogen) atoms. The molecule has 0 saturated carbocycles. The number of hydrogen-bond acceptors (Lipinski definition) is 4. The number of aryl methyl sites for hydroxylation is 3. The summed E-state index contributed by atoms with van der Waals surface area (Å²) in [4.78, 5) is 8.48. The summed E-state index contributed by atoms with van der Waals surface area (Å²) < 4.78 is 2.04. The van der Waals surface area contributed by atoms with Gasteiger partial charge in [0, 0.05) is 37.9 Å². The lowest BCUT2D eigenvalue weighted by Crippen LogP contribution is -2.37. The van der Waals surface area contributed by atoms with E-state index in [1.807, 2.05) is 23.7 Å². The average Bonchev–Trinajstić information content (AvgIpc) is 3.31. The van der Waals surface area contributed by atoms with E-state index in [9.17, 15) is 0 Å². The van der Waals surface area contributed by atoms with Gasteiger partial charge in [0.2, 0.25) is 0 Å². The fraction of sp³-hybridized carbons (Fsp3) is 0.368. The summed E-state index contributed by atoms with van der Waals surface area (Å²) in [6.45, 7) is 6.50. The van der Waals surface area contributed by atoms with Crippen LogP contribution < -0.4 is 10.6 Å². The summed E-state index contributed by atoms with van der Waals surface area (Å²) in [5.74, 6) is 1.55. The van der Waals surface area contributed by atoms with Crippen molar-refractivity contribution in [2.75, 3.05) is 13.6 Å². The fourth-order valence-electron chi connectivity index (χ4n) is 2.92. The van der Waals surface area contributed by atoms with Gasteiger partial charge in [-0.2, -0.15) is 10.2 Å². The summed E-state index contributed by atoms with van der Waals surface area (Å²) in [5, 5.41) is 18.0. The van der Waals surface area contributed by atoms with Crippen molar-refractivity contribution < 1.29 is 0 Å². The molecule has 0 aliphatic carbocycles. The van der Waals surface area contributed by atoms with Crippen LogP contribution in [0.4, 0.5) is 0 Å². The minimum Gasteiger partial charge on any atom is -0.356 e. The molecule has 0 aliphatic heterocycles. The van der Waals surface area contributed by atoms with Crippen molar-refractivity contribution in [3.8, 4) is 11.4 Å². The normalized spacial score (nSPS) is 11.2. The van der Waals surface area contributed by atoms with E-state index < -0.39 is 0 Å². The van der Waals surface area contributed by atoms with E-state index in [-0.39, 0.29) is 24.0 Å². The first-order valence-electron chi connectivity index (χ1n) is 9.06. The third-order valence-corrected chi connectivity index (χ3v) is 4.24. The van der Waals surface area contributed by atoms with Crippen LogP contribution >= 0.6 is 24.0 Å². The minimum atomic E-state index is 0. The molecular weight excluding hydrogens is 467 g/mol. The predicted octanol–water partition coefficient (Wildman–Crippen LogP) is 2.66. The lowest BCUT2D eigenvalue weighted by Gasteiger charge is -2.12. The van der Waals surface area contributed by atoms with Crippen LogP contribution in [0.2, 0.25) is 0 Å². The molecule has 0 unspecified atom stereocenters. The van der Waals surface area contributed by atoms with Crippen LogP contribution in [0.5, 0.6) is 0 Å². The number of guanidine groups is 1. The summed E-state index contributed by atoms with van der Waals surface area (Å²) in [5.41, 5.74) is 4.42. The second kappa shape index (κ2) is 10.8. The van der Waals surface area contributed by atoms with Crippen LogP contribution in [-0.4, -0.2) is 44.5 Å².